The number of fused-ring (bicyclic) bond motifs is 1. The molecule has 2 nitrogen and oxygen atoms in total. The fourth-order valence-corrected chi connectivity index (χ4v) is 3.83. The molecule has 0 N–H and O–H groups in total. The van der Waals surface area contributed by atoms with E-state index in [9.17, 15) is 0 Å². The van der Waals surface area contributed by atoms with Crippen molar-refractivity contribution < 1.29 is 0 Å². The Morgan fingerprint density at radius 3 is 2.81 bits per heavy atom. The maximum absolute atomic E-state index is 6.31. The van der Waals surface area contributed by atoms with E-state index in [1.807, 2.05) is 19.1 Å². The highest BCUT2D eigenvalue weighted by molar-refractivity contribution is 6.31. The van der Waals surface area contributed by atoms with Gasteiger partial charge in [0.05, 0.1) is 16.4 Å². The first kappa shape index (κ1) is 15.2. The molecule has 1 unspecified atom stereocenters. The van der Waals surface area contributed by atoms with Gasteiger partial charge in [-0.3, -0.25) is 0 Å². The molecule has 21 heavy (non-hydrogen) atoms. The second-order valence-electron chi connectivity index (χ2n) is 6.16. The van der Waals surface area contributed by atoms with E-state index in [-0.39, 0.29) is 5.38 Å². The average molecular weight is 325 g/mol. The number of hydrogen-bond donors (Lipinski definition) is 0. The molecule has 0 spiro atoms. The molecule has 0 radical (unpaired) electrons. The normalized spacial score (nSPS) is 17.7. The first-order chi connectivity index (χ1) is 10.1. The van der Waals surface area contributed by atoms with Crippen molar-refractivity contribution in [3.63, 3.8) is 0 Å². The van der Waals surface area contributed by atoms with Gasteiger partial charge < -0.3 is 4.57 Å². The van der Waals surface area contributed by atoms with Crippen molar-refractivity contribution in [1.82, 2.24) is 9.55 Å². The van der Waals surface area contributed by atoms with Gasteiger partial charge in [0, 0.05) is 11.6 Å². The number of benzene rings is 1. The van der Waals surface area contributed by atoms with Crippen LogP contribution >= 0.6 is 23.2 Å². The molecule has 114 valence electrons. The number of aromatic nitrogens is 2. The van der Waals surface area contributed by atoms with E-state index in [0.717, 1.165) is 34.3 Å². The summed E-state index contributed by atoms with van der Waals surface area (Å²) in [5.74, 6) is 1.89. The average Bonchev–Trinajstić information content (AvgIpc) is 3.06. The van der Waals surface area contributed by atoms with Crippen LogP contribution in [0.1, 0.15) is 56.7 Å². The van der Waals surface area contributed by atoms with Crippen LogP contribution < -0.4 is 0 Å². The number of nitrogens with zero attached hydrogens (tertiary/aromatic N) is 2. The molecular weight excluding hydrogens is 303 g/mol. The van der Waals surface area contributed by atoms with Crippen LogP contribution in [0.25, 0.3) is 11.0 Å². The van der Waals surface area contributed by atoms with Crippen molar-refractivity contribution in [2.24, 2.45) is 5.92 Å². The van der Waals surface area contributed by atoms with Crippen molar-refractivity contribution >= 4 is 34.2 Å². The lowest BCUT2D eigenvalue weighted by Gasteiger charge is -2.13. The van der Waals surface area contributed by atoms with Crippen molar-refractivity contribution in [2.75, 3.05) is 0 Å². The number of imidazole rings is 1. The fourth-order valence-electron chi connectivity index (χ4n) is 3.50. The number of halogens is 2. The molecule has 3 rings (SSSR count). The summed E-state index contributed by atoms with van der Waals surface area (Å²) >= 11 is 12.4. The summed E-state index contributed by atoms with van der Waals surface area (Å²) in [6.07, 6.45) is 8.19. The van der Waals surface area contributed by atoms with Crippen LogP contribution in [0.3, 0.4) is 0 Å². The van der Waals surface area contributed by atoms with Crippen LogP contribution in [0.4, 0.5) is 0 Å². The topological polar surface area (TPSA) is 17.8 Å². The third-order valence-corrected chi connectivity index (χ3v) is 4.99. The lowest BCUT2D eigenvalue weighted by molar-refractivity contribution is 0.457. The van der Waals surface area contributed by atoms with Gasteiger partial charge in [-0.2, -0.15) is 0 Å². The zero-order valence-electron chi connectivity index (χ0n) is 12.5. The van der Waals surface area contributed by atoms with E-state index in [0.29, 0.717) is 0 Å². The van der Waals surface area contributed by atoms with Crippen LogP contribution in [-0.2, 0) is 6.54 Å². The predicted octanol–water partition coefficient (Wildman–Crippen LogP) is 5.96. The van der Waals surface area contributed by atoms with E-state index >= 15 is 0 Å². The number of rotatable bonds is 5. The van der Waals surface area contributed by atoms with E-state index in [1.165, 1.54) is 38.5 Å². The Labute approximate surface area is 136 Å². The molecule has 1 heterocycles. The van der Waals surface area contributed by atoms with Gasteiger partial charge in [-0.15, -0.1) is 11.6 Å². The minimum absolute atomic E-state index is 0.0809. The van der Waals surface area contributed by atoms with Crippen LogP contribution in [0.2, 0.25) is 5.02 Å². The van der Waals surface area contributed by atoms with Gasteiger partial charge in [0.15, 0.2) is 0 Å². The smallest absolute Gasteiger partial charge is 0.127 e. The summed E-state index contributed by atoms with van der Waals surface area (Å²) in [7, 11) is 0. The SMILES string of the molecule is CC(Cl)c1nc2cc(Cl)ccc2n1CCCC1CCCC1. The zero-order chi connectivity index (χ0) is 14.8. The summed E-state index contributed by atoms with van der Waals surface area (Å²) in [4.78, 5) is 4.67. The molecule has 1 fully saturated rings. The Bertz CT molecular complexity index is 613. The second-order valence-corrected chi connectivity index (χ2v) is 7.25. The molecule has 0 bridgehead atoms. The third-order valence-electron chi connectivity index (χ3n) is 4.56. The minimum atomic E-state index is -0.0809. The van der Waals surface area contributed by atoms with Crippen molar-refractivity contribution in [3.05, 3.63) is 29.0 Å². The molecule has 0 saturated heterocycles. The Kier molecular flexibility index (Phi) is 4.75. The molecule has 1 saturated carbocycles. The summed E-state index contributed by atoms with van der Waals surface area (Å²) < 4.78 is 2.28. The van der Waals surface area contributed by atoms with Gasteiger partial charge in [0.2, 0.25) is 0 Å². The first-order valence-electron chi connectivity index (χ1n) is 7.95. The quantitative estimate of drug-likeness (QED) is 0.620. The van der Waals surface area contributed by atoms with Gasteiger partial charge in [0.1, 0.15) is 5.82 Å². The maximum atomic E-state index is 6.31. The van der Waals surface area contributed by atoms with Crippen LogP contribution in [-0.4, -0.2) is 9.55 Å². The zero-order valence-corrected chi connectivity index (χ0v) is 14.0. The highest BCUT2D eigenvalue weighted by Crippen LogP contribution is 2.30. The molecule has 4 heteroatoms. The van der Waals surface area contributed by atoms with Gasteiger partial charge in [-0.1, -0.05) is 37.3 Å². The van der Waals surface area contributed by atoms with Crippen molar-refractivity contribution in [3.8, 4) is 0 Å². The highest BCUT2D eigenvalue weighted by atomic mass is 35.5. The predicted molar refractivity (Wildman–Crippen MR) is 90.2 cm³/mol. The molecule has 1 aromatic carbocycles. The summed E-state index contributed by atoms with van der Waals surface area (Å²) in [6, 6.07) is 5.91. The molecule has 1 aromatic heterocycles. The standard InChI is InChI=1S/C17H22Cl2N2/c1-12(18)17-20-15-11-14(19)8-9-16(15)21(17)10-4-7-13-5-2-3-6-13/h8-9,11-13H,2-7,10H2,1H3. The number of hydrogen-bond acceptors (Lipinski definition) is 1. The Hall–Kier alpha value is -0.730. The molecule has 2 aromatic rings. The van der Waals surface area contributed by atoms with Gasteiger partial charge in [-0.05, 0) is 43.9 Å². The maximum Gasteiger partial charge on any atom is 0.127 e. The van der Waals surface area contributed by atoms with Crippen LogP contribution in [0, 0.1) is 5.92 Å². The second kappa shape index (κ2) is 6.58. The lowest BCUT2D eigenvalue weighted by atomic mass is 10.0. The number of aryl methyl sites for hydroxylation is 1. The first-order valence-corrected chi connectivity index (χ1v) is 8.76. The van der Waals surface area contributed by atoms with Gasteiger partial charge in [0.25, 0.3) is 0 Å². The summed E-state index contributed by atoms with van der Waals surface area (Å²) in [6.45, 7) is 2.98. The van der Waals surface area contributed by atoms with Crippen molar-refractivity contribution in [2.45, 2.75) is 57.4 Å². The third kappa shape index (κ3) is 3.37. The molecule has 1 aliphatic rings. The van der Waals surface area contributed by atoms with Gasteiger partial charge in [-0.25, -0.2) is 4.98 Å². The fraction of sp³-hybridized carbons (Fsp3) is 0.588. The molecule has 0 amide bonds. The van der Waals surface area contributed by atoms with Crippen LogP contribution in [0.5, 0.6) is 0 Å². The molecule has 1 aliphatic carbocycles. The van der Waals surface area contributed by atoms with Gasteiger partial charge >= 0.3 is 0 Å². The highest BCUT2D eigenvalue weighted by Gasteiger charge is 2.17. The van der Waals surface area contributed by atoms with E-state index in [4.69, 9.17) is 23.2 Å². The van der Waals surface area contributed by atoms with E-state index in [1.54, 1.807) is 0 Å². The minimum Gasteiger partial charge on any atom is -0.327 e. The summed E-state index contributed by atoms with van der Waals surface area (Å²) in [5.41, 5.74) is 2.10. The Balaban J connectivity index is 1.79. The largest absolute Gasteiger partial charge is 0.327 e. The molecule has 1 atom stereocenters. The Morgan fingerprint density at radius 1 is 1.33 bits per heavy atom. The molecular formula is C17H22Cl2N2. The lowest BCUT2D eigenvalue weighted by Crippen LogP contribution is -2.06. The van der Waals surface area contributed by atoms with Crippen LogP contribution in [0.15, 0.2) is 18.2 Å². The number of alkyl halides is 1. The molecule has 0 aliphatic heterocycles. The summed E-state index contributed by atoms with van der Waals surface area (Å²) in [5, 5.41) is 0.648. The Morgan fingerprint density at radius 2 is 2.10 bits per heavy atom. The van der Waals surface area contributed by atoms with E-state index in [2.05, 4.69) is 15.6 Å². The van der Waals surface area contributed by atoms with Crippen molar-refractivity contribution in [1.29, 1.82) is 0 Å². The monoisotopic (exact) mass is 324 g/mol. The van der Waals surface area contributed by atoms with E-state index < -0.39 is 0 Å².